The Labute approximate surface area is 124 Å². The molecule has 0 fully saturated rings. The van der Waals surface area contributed by atoms with Gasteiger partial charge in [-0.1, -0.05) is 54.1 Å². The van der Waals surface area contributed by atoms with Crippen LogP contribution in [0.5, 0.6) is 0 Å². The predicted octanol–water partition coefficient (Wildman–Crippen LogP) is 4.96. The third-order valence-corrected chi connectivity index (χ3v) is 4.78. The average molecular weight is 279 g/mol. The number of hydrogen-bond donors (Lipinski definition) is 1. The van der Waals surface area contributed by atoms with E-state index in [9.17, 15) is 4.39 Å². The number of allylic oxidation sites excluding steroid dienone is 2. The van der Waals surface area contributed by atoms with Crippen LogP contribution in [0.15, 0.2) is 54.6 Å². The van der Waals surface area contributed by atoms with Crippen LogP contribution in [0.4, 0.5) is 10.1 Å². The summed E-state index contributed by atoms with van der Waals surface area (Å²) < 4.78 is 14.2. The molecule has 1 N–H and O–H groups in total. The molecule has 0 saturated heterocycles. The number of benzene rings is 2. The summed E-state index contributed by atoms with van der Waals surface area (Å²) in [5.74, 6) is 0.647. The first-order chi connectivity index (χ1) is 10.2. The highest BCUT2D eigenvalue weighted by atomic mass is 19.1. The Morgan fingerprint density at radius 2 is 1.90 bits per heavy atom. The zero-order valence-corrected chi connectivity index (χ0v) is 12.0. The van der Waals surface area contributed by atoms with Crippen molar-refractivity contribution in [2.75, 3.05) is 5.32 Å². The van der Waals surface area contributed by atoms with Crippen LogP contribution in [0.25, 0.3) is 0 Å². The second-order valence-corrected chi connectivity index (χ2v) is 6.09. The summed E-state index contributed by atoms with van der Waals surface area (Å²) >= 11 is 0. The van der Waals surface area contributed by atoms with Gasteiger partial charge < -0.3 is 5.32 Å². The van der Waals surface area contributed by atoms with Crippen molar-refractivity contribution in [3.63, 3.8) is 0 Å². The van der Waals surface area contributed by atoms with Crippen LogP contribution in [-0.4, -0.2) is 0 Å². The monoisotopic (exact) mass is 279 g/mol. The topological polar surface area (TPSA) is 12.0 Å². The zero-order valence-electron chi connectivity index (χ0n) is 12.0. The number of fused-ring (bicyclic) bond motifs is 3. The third-order valence-electron chi connectivity index (χ3n) is 4.78. The molecular formula is C19H18FN. The average Bonchev–Trinajstić information content (AvgIpc) is 2.98. The van der Waals surface area contributed by atoms with Gasteiger partial charge in [-0.15, -0.1) is 0 Å². The maximum atomic E-state index is 14.2. The minimum atomic E-state index is -0.150. The Morgan fingerprint density at radius 1 is 1.10 bits per heavy atom. The third kappa shape index (κ3) is 1.98. The molecule has 0 radical (unpaired) electrons. The molecule has 1 heterocycles. The van der Waals surface area contributed by atoms with Crippen LogP contribution < -0.4 is 5.32 Å². The van der Waals surface area contributed by atoms with Crippen molar-refractivity contribution in [2.24, 2.45) is 5.92 Å². The van der Waals surface area contributed by atoms with E-state index in [0.717, 1.165) is 12.0 Å². The highest BCUT2D eigenvalue weighted by Gasteiger charge is 2.38. The molecule has 2 aromatic carbocycles. The standard InChI is InChI=1S/C19H18FN/c1-12-8-10-13(11-9-12)18-15-5-2-4-14(15)16-6-3-7-17(20)19(16)21-18/h2-4,6-11,14-15,18,21H,5H2,1H3/t14-,15-,18+/m1/s1. The Bertz CT molecular complexity index is 702. The molecule has 106 valence electrons. The Balaban J connectivity index is 1.81. The molecule has 2 heteroatoms. The van der Waals surface area contributed by atoms with Gasteiger partial charge in [0.15, 0.2) is 0 Å². The molecule has 4 rings (SSSR count). The van der Waals surface area contributed by atoms with Gasteiger partial charge in [0.1, 0.15) is 5.82 Å². The number of anilines is 1. The van der Waals surface area contributed by atoms with E-state index in [0.29, 0.717) is 17.5 Å². The fourth-order valence-corrected chi connectivity index (χ4v) is 3.69. The van der Waals surface area contributed by atoms with Crippen molar-refractivity contribution >= 4 is 5.69 Å². The van der Waals surface area contributed by atoms with Crippen LogP contribution in [0, 0.1) is 18.7 Å². The fourth-order valence-electron chi connectivity index (χ4n) is 3.69. The molecule has 2 aliphatic rings. The first kappa shape index (κ1) is 12.6. The maximum absolute atomic E-state index is 14.2. The van der Waals surface area contributed by atoms with E-state index in [1.165, 1.54) is 17.2 Å². The van der Waals surface area contributed by atoms with Crippen molar-refractivity contribution in [1.29, 1.82) is 0 Å². The molecule has 1 aliphatic carbocycles. The maximum Gasteiger partial charge on any atom is 0.146 e. The minimum Gasteiger partial charge on any atom is -0.375 e. The molecule has 0 unspecified atom stereocenters. The van der Waals surface area contributed by atoms with E-state index in [1.807, 2.05) is 12.1 Å². The summed E-state index contributed by atoms with van der Waals surface area (Å²) in [5, 5.41) is 3.46. The molecular weight excluding hydrogens is 261 g/mol. The van der Waals surface area contributed by atoms with Gasteiger partial charge in [0.2, 0.25) is 0 Å². The van der Waals surface area contributed by atoms with Crippen LogP contribution in [0.2, 0.25) is 0 Å². The van der Waals surface area contributed by atoms with Gasteiger partial charge in [-0.3, -0.25) is 0 Å². The van der Waals surface area contributed by atoms with Crippen molar-refractivity contribution in [2.45, 2.75) is 25.3 Å². The number of nitrogens with one attached hydrogen (secondary N) is 1. The van der Waals surface area contributed by atoms with Crippen molar-refractivity contribution in [3.05, 3.63) is 77.1 Å². The molecule has 21 heavy (non-hydrogen) atoms. The highest BCUT2D eigenvalue weighted by molar-refractivity contribution is 5.60. The van der Waals surface area contributed by atoms with Crippen molar-refractivity contribution in [3.8, 4) is 0 Å². The van der Waals surface area contributed by atoms with Gasteiger partial charge in [0.25, 0.3) is 0 Å². The zero-order chi connectivity index (χ0) is 14.4. The normalized spacial score (nSPS) is 26.1. The van der Waals surface area contributed by atoms with Gasteiger partial charge in [0, 0.05) is 5.92 Å². The quantitative estimate of drug-likeness (QED) is 0.727. The van der Waals surface area contributed by atoms with Gasteiger partial charge in [-0.05, 0) is 36.5 Å². The predicted molar refractivity (Wildman–Crippen MR) is 83.9 cm³/mol. The van der Waals surface area contributed by atoms with E-state index in [4.69, 9.17) is 0 Å². The van der Waals surface area contributed by atoms with E-state index < -0.39 is 0 Å². The van der Waals surface area contributed by atoms with E-state index in [1.54, 1.807) is 0 Å². The summed E-state index contributed by atoms with van der Waals surface area (Å²) in [7, 11) is 0. The molecule has 0 saturated carbocycles. The molecule has 0 bridgehead atoms. The SMILES string of the molecule is Cc1ccc([C@@H]2Nc3c(F)cccc3[C@@H]3C=CC[C@H]32)cc1. The van der Waals surface area contributed by atoms with Gasteiger partial charge in [0.05, 0.1) is 11.7 Å². The molecule has 2 aromatic rings. The Kier molecular flexibility index (Phi) is 2.85. The number of halogens is 1. The van der Waals surface area contributed by atoms with E-state index >= 15 is 0 Å². The largest absolute Gasteiger partial charge is 0.375 e. The number of hydrogen-bond acceptors (Lipinski definition) is 1. The van der Waals surface area contributed by atoms with Crippen molar-refractivity contribution in [1.82, 2.24) is 0 Å². The smallest absolute Gasteiger partial charge is 0.146 e. The summed E-state index contributed by atoms with van der Waals surface area (Å²) in [6.45, 7) is 2.09. The first-order valence-electron chi connectivity index (χ1n) is 7.52. The van der Waals surface area contributed by atoms with Crippen LogP contribution in [-0.2, 0) is 0 Å². The highest BCUT2D eigenvalue weighted by Crippen LogP contribution is 2.50. The Morgan fingerprint density at radius 3 is 2.71 bits per heavy atom. The van der Waals surface area contributed by atoms with Crippen LogP contribution in [0.1, 0.15) is 35.1 Å². The lowest BCUT2D eigenvalue weighted by Gasteiger charge is -2.37. The molecule has 0 amide bonds. The first-order valence-corrected chi connectivity index (χ1v) is 7.52. The fraction of sp³-hybridized carbons (Fsp3) is 0.263. The van der Waals surface area contributed by atoms with E-state index in [2.05, 4.69) is 48.7 Å². The minimum absolute atomic E-state index is 0.150. The lowest BCUT2D eigenvalue weighted by molar-refractivity contribution is 0.421. The molecule has 1 nitrogen and oxygen atoms in total. The Hall–Kier alpha value is -2.09. The molecule has 1 aliphatic heterocycles. The van der Waals surface area contributed by atoms with Gasteiger partial charge in [-0.25, -0.2) is 4.39 Å². The summed E-state index contributed by atoms with van der Waals surface area (Å²) in [6, 6.07) is 14.2. The second kappa shape index (κ2) is 4.73. The molecule has 0 spiro atoms. The molecule has 3 atom stereocenters. The number of aryl methyl sites for hydroxylation is 1. The molecule has 0 aromatic heterocycles. The number of rotatable bonds is 1. The lowest BCUT2D eigenvalue weighted by atomic mass is 9.77. The van der Waals surface area contributed by atoms with Gasteiger partial charge >= 0.3 is 0 Å². The lowest BCUT2D eigenvalue weighted by Crippen LogP contribution is -2.29. The summed E-state index contributed by atoms with van der Waals surface area (Å²) in [4.78, 5) is 0. The number of para-hydroxylation sites is 1. The van der Waals surface area contributed by atoms with Crippen LogP contribution in [0.3, 0.4) is 0 Å². The van der Waals surface area contributed by atoms with Gasteiger partial charge in [-0.2, -0.15) is 0 Å². The van der Waals surface area contributed by atoms with E-state index in [-0.39, 0.29) is 11.9 Å². The van der Waals surface area contributed by atoms with Crippen molar-refractivity contribution < 1.29 is 4.39 Å². The van der Waals surface area contributed by atoms with Crippen LogP contribution >= 0.6 is 0 Å². The second-order valence-electron chi connectivity index (χ2n) is 6.09. The summed E-state index contributed by atoms with van der Waals surface area (Å²) in [5.41, 5.74) is 4.27. The summed E-state index contributed by atoms with van der Waals surface area (Å²) in [6.07, 6.45) is 5.52.